The second-order valence-electron chi connectivity index (χ2n) is 11.7. The predicted molar refractivity (Wildman–Crippen MR) is 150 cm³/mol. The zero-order chi connectivity index (χ0) is 28.4. The number of carbonyl (C=O) groups is 3. The molecule has 1 atom stereocenters. The fourth-order valence-electron chi connectivity index (χ4n) is 6.21. The minimum Gasteiger partial charge on any atom is -0.385 e. The third-order valence-electron chi connectivity index (χ3n) is 8.79. The van der Waals surface area contributed by atoms with E-state index in [4.69, 9.17) is 16.7 Å². The summed E-state index contributed by atoms with van der Waals surface area (Å²) in [6.07, 6.45) is 6.77. The van der Waals surface area contributed by atoms with Gasteiger partial charge in [-0.25, -0.2) is 9.37 Å². The highest BCUT2D eigenvalue weighted by molar-refractivity contribution is 6.33. The van der Waals surface area contributed by atoms with Gasteiger partial charge in [0.25, 0.3) is 5.91 Å². The number of aromatic nitrogens is 3. The predicted octanol–water partition coefficient (Wildman–Crippen LogP) is 4.75. The van der Waals surface area contributed by atoms with Crippen LogP contribution in [0.5, 0.6) is 0 Å². The molecule has 3 amide bonds. The highest BCUT2D eigenvalue weighted by Crippen LogP contribution is 2.46. The number of halogens is 2. The lowest BCUT2D eigenvalue weighted by atomic mass is 9.80. The number of nitrogens with one attached hydrogen (secondary N) is 2. The number of aryl methyl sites for hydroxylation is 1. The zero-order valence-corrected chi connectivity index (χ0v) is 23.4. The molecule has 212 valence electrons. The number of fused-ring (bicyclic) bond motifs is 1. The largest absolute Gasteiger partial charge is 0.385 e. The van der Waals surface area contributed by atoms with Crippen LogP contribution in [0.4, 0.5) is 10.1 Å². The Morgan fingerprint density at radius 3 is 2.68 bits per heavy atom. The van der Waals surface area contributed by atoms with Gasteiger partial charge in [0.2, 0.25) is 11.8 Å². The summed E-state index contributed by atoms with van der Waals surface area (Å²) in [6, 6.07) is 6.71. The Labute approximate surface area is 241 Å². The second kappa shape index (κ2) is 9.94. The number of piperidine rings is 1. The monoisotopic (exact) mass is 576 g/mol. The average Bonchev–Trinajstić information content (AvgIpc) is 3.59. The molecule has 4 heterocycles. The van der Waals surface area contributed by atoms with Crippen molar-refractivity contribution in [2.75, 3.05) is 11.9 Å². The maximum absolute atomic E-state index is 14.0. The molecule has 3 fully saturated rings. The van der Waals surface area contributed by atoms with Crippen molar-refractivity contribution in [2.24, 2.45) is 5.92 Å². The van der Waals surface area contributed by atoms with Crippen LogP contribution in [-0.4, -0.2) is 50.0 Å². The van der Waals surface area contributed by atoms with Gasteiger partial charge in [0.1, 0.15) is 11.9 Å². The molecule has 1 aromatic carbocycles. The smallest absolute Gasteiger partial charge is 0.255 e. The summed E-state index contributed by atoms with van der Waals surface area (Å²) in [5.74, 6) is -0.387. The van der Waals surface area contributed by atoms with Crippen molar-refractivity contribution in [1.29, 1.82) is 0 Å². The lowest BCUT2D eigenvalue weighted by molar-refractivity contribution is -0.136. The van der Waals surface area contributed by atoms with Gasteiger partial charge < -0.3 is 10.2 Å². The molecular formula is C30H30ClFN6O3. The second-order valence-corrected chi connectivity index (χ2v) is 12.1. The first kappa shape index (κ1) is 26.1. The molecule has 11 heteroatoms. The molecule has 2 aromatic heterocycles. The van der Waals surface area contributed by atoms with Crippen molar-refractivity contribution >= 4 is 35.0 Å². The quantitative estimate of drug-likeness (QED) is 0.393. The van der Waals surface area contributed by atoms with Gasteiger partial charge in [-0.1, -0.05) is 11.6 Å². The molecule has 2 saturated carbocycles. The number of benzene rings is 1. The minimum atomic E-state index is -0.613. The van der Waals surface area contributed by atoms with E-state index in [9.17, 15) is 18.8 Å². The Bertz CT molecular complexity index is 1590. The Hall–Kier alpha value is -3.79. The van der Waals surface area contributed by atoms with E-state index >= 15 is 0 Å². The van der Waals surface area contributed by atoms with Crippen molar-refractivity contribution in [1.82, 2.24) is 25.0 Å². The summed E-state index contributed by atoms with van der Waals surface area (Å²) in [5.41, 5.74) is 5.27. The molecule has 1 unspecified atom stereocenters. The molecule has 41 heavy (non-hydrogen) atoms. The lowest BCUT2D eigenvalue weighted by Gasteiger charge is -2.35. The van der Waals surface area contributed by atoms with Gasteiger partial charge in [-0.05, 0) is 74.8 Å². The van der Waals surface area contributed by atoms with Crippen molar-refractivity contribution in [3.63, 3.8) is 0 Å². The first-order valence-electron chi connectivity index (χ1n) is 14.2. The lowest BCUT2D eigenvalue weighted by Crippen LogP contribution is -2.52. The summed E-state index contributed by atoms with van der Waals surface area (Å²) >= 11 is 6.40. The first-order chi connectivity index (χ1) is 19.7. The maximum Gasteiger partial charge on any atom is 0.255 e. The van der Waals surface area contributed by atoms with Gasteiger partial charge in [0, 0.05) is 48.4 Å². The van der Waals surface area contributed by atoms with Crippen molar-refractivity contribution < 1.29 is 18.8 Å². The number of pyridine rings is 1. The third-order valence-corrected chi connectivity index (χ3v) is 9.08. The average molecular weight is 577 g/mol. The zero-order valence-electron chi connectivity index (χ0n) is 22.6. The maximum atomic E-state index is 14.0. The van der Waals surface area contributed by atoms with Gasteiger partial charge in [-0.15, -0.1) is 0 Å². The van der Waals surface area contributed by atoms with Crippen molar-refractivity contribution in [2.45, 2.75) is 70.0 Å². The fraction of sp³-hybridized carbons (Fsp3) is 0.433. The molecule has 2 aliphatic heterocycles. The Balaban J connectivity index is 0.982. The summed E-state index contributed by atoms with van der Waals surface area (Å²) in [6.45, 7) is 2.81. The molecule has 9 nitrogen and oxygen atoms in total. The van der Waals surface area contributed by atoms with Gasteiger partial charge >= 0.3 is 0 Å². The summed E-state index contributed by atoms with van der Waals surface area (Å²) in [7, 11) is 0. The number of amides is 3. The highest BCUT2D eigenvalue weighted by Gasteiger charge is 2.39. The van der Waals surface area contributed by atoms with E-state index in [1.807, 2.05) is 29.1 Å². The molecular weight excluding hydrogens is 547 g/mol. The van der Waals surface area contributed by atoms with Crippen LogP contribution >= 0.6 is 11.6 Å². The van der Waals surface area contributed by atoms with Crippen LogP contribution in [0.25, 0.3) is 11.3 Å². The molecule has 4 aliphatic rings. The highest BCUT2D eigenvalue weighted by atomic mass is 35.5. The Morgan fingerprint density at radius 1 is 1.12 bits per heavy atom. The summed E-state index contributed by atoms with van der Waals surface area (Å²) < 4.78 is 16.0. The summed E-state index contributed by atoms with van der Waals surface area (Å²) in [5, 5.41) is 11.1. The van der Waals surface area contributed by atoms with Crippen LogP contribution in [0.1, 0.15) is 77.8 Å². The van der Waals surface area contributed by atoms with E-state index in [1.165, 1.54) is 6.07 Å². The van der Waals surface area contributed by atoms with E-state index in [1.54, 1.807) is 11.8 Å². The molecule has 0 spiro atoms. The fourth-order valence-corrected chi connectivity index (χ4v) is 6.45. The van der Waals surface area contributed by atoms with Crippen molar-refractivity contribution in [3.05, 3.63) is 63.8 Å². The summed E-state index contributed by atoms with van der Waals surface area (Å²) in [4.78, 5) is 42.8. The van der Waals surface area contributed by atoms with Gasteiger partial charge in [0.15, 0.2) is 0 Å². The van der Waals surface area contributed by atoms with Crippen LogP contribution in [0, 0.1) is 18.7 Å². The molecule has 7 rings (SSSR count). The first-order valence-corrected chi connectivity index (χ1v) is 14.6. The molecule has 2 N–H and O–H groups in total. The number of carbonyl (C=O) groups excluding carboxylic acids is 3. The number of nitrogens with zero attached hydrogens (tertiary/aromatic N) is 4. The van der Waals surface area contributed by atoms with E-state index < -0.39 is 17.8 Å². The normalized spacial score (nSPS) is 23.8. The minimum absolute atomic E-state index is 0.167. The molecule has 0 bridgehead atoms. The number of anilines is 1. The third kappa shape index (κ3) is 4.77. The molecule has 1 saturated heterocycles. The van der Waals surface area contributed by atoms with Crippen molar-refractivity contribution in [3.8, 4) is 11.3 Å². The van der Waals surface area contributed by atoms with Crippen LogP contribution in [0.3, 0.4) is 0 Å². The number of imide groups is 1. The number of rotatable bonds is 7. The molecule has 0 radical (unpaired) electrons. The Kier molecular flexibility index (Phi) is 6.33. The van der Waals surface area contributed by atoms with E-state index in [2.05, 4.69) is 15.6 Å². The van der Waals surface area contributed by atoms with Crippen LogP contribution in [0.15, 0.2) is 30.5 Å². The van der Waals surface area contributed by atoms with Gasteiger partial charge in [-0.2, -0.15) is 5.10 Å². The van der Waals surface area contributed by atoms with Gasteiger partial charge in [-0.3, -0.25) is 24.4 Å². The topological polar surface area (TPSA) is 109 Å². The Morgan fingerprint density at radius 2 is 1.93 bits per heavy atom. The SMILES string of the molecule is Cc1nc(-c2cn([C@H]3C[C@H](CNc4ccc5c(c4)CN(C4CCC(=O)NC4=O)C5=O)C3)nc2C2CC2)c(Cl)cc1F. The van der Waals surface area contributed by atoms with Gasteiger partial charge in [0.05, 0.1) is 28.1 Å². The van der Waals surface area contributed by atoms with E-state index in [-0.39, 0.29) is 24.3 Å². The van der Waals surface area contributed by atoms with E-state index in [0.29, 0.717) is 46.8 Å². The van der Waals surface area contributed by atoms with Crippen LogP contribution < -0.4 is 10.6 Å². The van der Waals surface area contributed by atoms with Crippen LogP contribution in [0.2, 0.25) is 5.02 Å². The number of hydrogen-bond donors (Lipinski definition) is 2. The number of hydrogen-bond acceptors (Lipinski definition) is 6. The van der Waals surface area contributed by atoms with Crippen LogP contribution in [-0.2, 0) is 16.1 Å². The molecule has 3 aromatic rings. The molecule has 2 aliphatic carbocycles. The van der Waals surface area contributed by atoms with E-state index in [0.717, 1.165) is 54.7 Å². The standard InChI is InChI=1S/C30H30ClFN6O3/c1-15-24(32)11-23(31)28(34-15)22-14-38(36-27(22)17-2-3-17)20-8-16(9-20)12-33-19-4-5-21-18(10-19)13-37(30(21)41)25-6-7-26(39)35-29(25)40/h4-5,10-11,14,16-17,20,25,33H,2-3,6-9,12-13H2,1H3,(H,35,39,40)/t16-,20-,25?.